The Bertz CT molecular complexity index is 791. The zero-order valence-electron chi connectivity index (χ0n) is 11.5. The zero-order valence-corrected chi connectivity index (χ0v) is 11.5. The van der Waals surface area contributed by atoms with Crippen LogP contribution in [0.15, 0.2) is 42.5 Å². The Morgan fingerprint density at radius 3 is 2.67 bits per heavy atom. The predicted molar refractivity (Wildman–Crippen MR) is 84.0 cm³/mol. The second-order valence-electron chi connectivity index (χ2n) is 4.62. The maximum Gasteiger partial charge on any atom is 0.318 e. The Morgan fingerprint density at radius 1 is 1.19 bits per heavy atom. The zero-order chi connectivity index (χ0) is 14.8. The molecule has 1 heterocycles. The molecule has 0 radical (unpaired) electrons. The van der Waals surface area contributed by atoms with E-state index >= 15 is 0 Å². The summed E-state index contributed by atoms with van der Waals surface area (Å²) in [4.78, 5) is 11.3. The molecule has 3 rings (SSSR count). The number of amides is 2. The summed E-state index contributed by atoms with van der Waals surface area (Å²) in [6.07, 6.45) is 0. The molecular formula is C15H15N5O. The van der Waals surface area contributed by atoms with Crippen molar-refractivity contribution in [3.05, 3.63) is 42.5 Å². The molecule has 0 atom stereocenters. The van der Waals surface area contributed by atoms with E-state index in [4.69, 9.17) is 5.73 Å². The van der Waals surface area contributed by atoms with Crippen molar-refractivity contribution in [3.63, 3.8) is 0 Å². The van der Waals surface area contributed by atoms with Gasteiger partial charge in [-0.1, -0.05) is 24.3 Å². The number of aromatic nitrogens is 2. The summed E-state index contributed by atoms with van der Waals surface area (Å²) in [5.41, 5.74) is 9.56. The van der Waals surface area contributed by atoms with E-state index in [1.54, 1.807) is 7.05 Å². The van der Waals surface area contributed by atoms with Crippen molar-refractivity contribution in [2.24, 2.45) is 0 Å². The van der Waals surface area contributed by atoms with E-state index in [0.717, 1.165) is 27.7 Å². The number of carbonyl (C=O) groups is 1. The number of fused-ring (bicyclic) bond motifs is 1. The second kappa shape index (κ2) is 5.16. The van der Waals surface area contributed by atoms with Crippen molar-refractivity contribution in [2.45, 2.75) is 0 Å². The number of carbonyl (C=O) groups excluding carboxylic acids is 1. The van der Waals surface area contributed by atoms with Crippen molar-refractivity contribution in [1.29, 1.82) is 0 Å². The molecule has 0 fully saturated rings. The molecule has 0 unspecified atom stereocenters. The van der Waals surface area contributed by atoms with Crippen LogP contribution in [0.4, 0.5) is 16.3 Å². The lowest BCUT2D eigenvalue weighted by molar-refractivity contribution is 0.254. The first kappa shape index (κ1) is 13.0. The van der Waals surface area contributed by atoms with Gasteiger partial charge in [-0.25, -0.2) is 4.79 Å². The number of H-pyrrole nitrogens is 1. The third-order valence-electron chi connectivity index (χ3n) is 3.30. The molecule has 6 heteroatoms. The van der Waals surface area contributed by atoms with Crippen molar-refractivity contribution < 1.29 is 4.79 Å². The number of nitrogens with two attached hydrogens (primary N) is 1. The van der Waals surface area contributed by atoms with Crippen molar-refractivity contribution in [1.82, 2.24) is 15.5 Å². The van der Waals surface area contributed by atoms with Crippen LogP contribution >= 0.6 is 0 Å². The van der Waals surface area contributed by atoms with Crippen LogP contribution in [0.5, 0.6) is 0 Å². The molecule has 6 nitrogen and oxygen atoms in total. The molecule has 0 bridgehead atoms. The lowest BCUT2D eigenvalue weighted by atomic mass is 10.0. The first-order chi connectivity index (χ1) is 10.2. The molecule has 106 valence electrons. The molecule has 2 aromatic carbocycles. The van der Waals surface area contributed by atoms with Gasteiger partial charge in [0.25, 0.3) is 0 Å². The van der Waals surface area contributed by atoms with E-state index in [2.05, 4.69) is 20.8 Å². The Balaban J connectivity index is 1.99. The molecule has 0 aliphatic carbocycles. The third-order valence-corrected chi connectivity index (χ3v) is 3.30. The Labute approximate surface area is 121 Å². The molecule has 5 N–H and O–H groups in total. The molecular weight excluding hydrogens is 266 g/mol. The lowest BCUT2D eigenvalue weighted by Gasteiger charge is -2.07. The number of hydrogen-bond donors (Lipinski definition) is 4. The van der Waals surface area contributed by atoms with Gasteiger partial charge in [0, 0.05) is 12.7 Å². The Morgan fingerprint density at radius 2 is 1.95 bits per heavy atom. The summed E-state index contributed by atoms with van der Waals surface area (Å²) in [6.45, 7) is 0. The summed E-state index contributed by atoms with van der Waals surface area (Å²) >= 11 is 0. The van der Waals surface area contributed by atoms with Crippen molar-refractivity contribution in [3.8, 4) is 11.1 Å². The number of hydrogen-bond acceptors (Lipinski definition) is 3. The minimum atomic E-state index is -0.246. The fourth-order valence-electron chi connectivity index (χ4n) is 2.27. The van der Waals surface area contributed by atoms with E-state index in [1.807, 2.05) is 42.5 Å². The Hall–Kier alpha value is -3.02. The minimum Gasteiger partial charge on any atom is -0.382 e. The monoisotopic (exact) mass is 281 g/mol. The van der Waals surface area contributed by atoms with Gasteiger partial charge in [0.2, 0.25) is 0 Å². The average Bonchev–Trinajstić information content (AvgIpc) is 2.90. The summed E-state index contributed by atoms with van der Waals surface area (Å²) in [6, 6.07) is 13.2. The normalized spacial score (nSPS) is 10.5. The van der Waals surface area contributed by atoms with Crippen LogP contribution in [0.1, 0.15) is 0 Å². The number of rotatable bonds is 2. The van der Waals surface area contributed by atoms with Gasteiger partial charge in [0.15, 0.2) is 5.82 Å². The van der Waals surface area contributed by atoms with Gasteiger partial charge < -0.3 is 16.4 Å². The van der Waals surface area contributed by atoms with E-state index in [9.17, 15) is 4.79 Å². The van der Waals surface area contributed by atoms with Gasteiger partial charge in [-0.2, -0.15) is 5.10 Å². The first-order valence-corrected chi connectivity index (χ1v) is 6.51. The SMILES string of the molecule is CNC(=O)Nc1ccc(-c2cccc3[nH]nc(N)c23)cc1. The summed E-state index contributed by atoms with van der Waals surface area (Å²) < 4.78 is 0. The van der Waals surface area contributed by atoms with Crippen LogP contribution in [0.25, 0.3) is 22.0 Å². The largest absolute Gasteiger partial charge is 0.382 e. The molecule has 2 amide bonds. The predicted octanol–water partition coefficient (Wildman–Crippen LogP) is 2.56. The molecule has 0 saturated carbocycles. The van der Waals surface area contributed by atoms with Crippen LogP contribution in [0.3, 0.4) is 0 Å². The number of anilines is 2. The van der Waals surface area contributed by atoms with Gasteiger partial charge in [0.05, 0.1) is 10.9 Å². The van der Waals surface area contributed by atoms with Gasteiger partial charge >= 0.3 is 6.03 Å². The Kier molecular flexibility index (Phi) is 3.19. The standard InChI is InChI=1S/C15H15N5O/c1-17-15(21)18-10-7-5-9(6-8-10)11-3-2-4-12-13(11)14(16)20-19-12/h2-8H,1H3,(H3,16,19,20)(H2,17,18,21). The number of aromatic amines is 1. The molecule has 3 aromatic rings. The summed E-state index contributed by atoms with van der Waals surface area (Å²) in [5, 5.41) is 13.1. The first-order valence-electron chi connectivity index (χ1n) is 6.51. The lowest BCUT2D eigenvalue weighted by Crippen LogP contribution is -2.24. The maximum absolute atomic E-state index is 11.3. The summed E-state index contributed by atoms with van der Waals surface area (Å²) in [7, 11) is 1.58. The highest BCUT2D eigenvalue weighted by Crippen LogP contribution is 2.31. The van der Waals surface area contributed by atoms with E-state index < -0.39 is 0 Å². The molecule has 0 aliphatic heterocycles. The van der Waals surface area contributed by atoms with Crippen LogP contribution in [-0.4, -0.2) is 23.3 Å². The smallest absolute Gasteiger partial charge is 0.318 e. The summed E-state index contributed by atoms with van der Waals surface area (Å²) in [5.74, 6) is 0.480. The number of nitrogens with one attached hydrogen (secondary N) is 3. The van der Waals surface area contributed by atoms with E-state index in [1.165, 1.54) is 0 Å². The van der Waals surface area contributed by atoms with Gasteiger partial charge in [0.1, 0.15) is 0 Å². The topological polar surface area (TPSA) is 95.8 Å². The molecule has 21 heavy (non-hydrogen) atoms. The molecule has 0 spiro atoms. The van der Waals surface area contributed by atoms with Gasteiger partial charge in [-0.15, -0.1) is 0 Å². The molecule has 0 saturated heterocycles. The van der Waals surface area contributed by atoms with Crippen molar-refractivity contribution in [2.75, 3.05) is 18.1 Å². The minimum absolute atomic E-state index is 0.246. The number of nitrogen functional groups attached to an aromatic ring is 1. The van der Waals surface area contributed by atoms with Crippen molar-refractivity contribution >= 4 is 28.4 Å². The van der Waals surface area contributed by atoms with Crippen LogP contribution < -0.4 is 16.4 Å². The fraction of sp³-hybridized carbons (Fsp3) is 0.0667. The third kappa shape index (κ3) is 2.38. The van der Waals surface area contributed by atoms with Crippen LogP contribution in [0.2, 0.25) is 0 Å². The second-order valence-corrected chi connectivity index (χ2v) is 4.62. The average molecular weight is 281 g/mol. The highest BCUT2D eigenvalue weighted by molar-refractivity contribution is 6.01. The number of urea groups is 1. The molecule has 0 aliphatic rings. The van der Waals surface area contributed by atoms with E-state index in [0.29, 0.717) is 5.82 Å². The number of nitrogens with zero attached hydrogens (tertiary/aromatic N) is 1. The highest BCUT2D eigenvalue weighted by Gasteiger charge is 2.09. The van der Waals surface area contributed by atoms with Crippen LogP contribution in [0, 0.1) is 0 Å². The quantitative estimate of drug-likeness (QED) is 0.581. The molecule has 1 aromatic heterocycles. The van der Waals surface area contributed by atoms with Gasteiger partial charge in [-0.05, 0) is 29.3 Å². The highest BCUT2D eigenvalue weighted by atomic mass is 16.2. The van der Waals surface area contributed by atoms with E-state index in [-0.39, 0.29) is 6.03 Å². The van der Waals surface area contributed by atoms with Gasteiger partial charge in [-0.3, -0.25) is 5.10 Å². The maximum atomic E-state index is 11.3. The fourth-order valence-corrected chi connectivity index (χ4v) is 2.27. The number of benzene rings is 2. The van der Waals surface area contributed by atoms with Crippen LogP contribution in [-0.2, 0) is 0 Å².